The molecule has 0 aromatic heterocycles. The molecule has 3 aliphatic carbocycles. The van der Waals surface area contributed by atoms with E-state index in [4.69, 9.17) is 11.2 Å². The number of terminal acetylenes is 1. The van der Waals surface area contributed by atoms with Crippen molar-refractivity contribution in [2.75, 3.05) is 33.3 Å². The van der Waals surface area contributed by atoms with Gasteiger partial charge in [-0.25, -0.2) is 0 Å². The number of carbonyl (C=O) groups is 1. The van der Waals surface area contributed by atoms with E-state index < -0.39 is 0 Å². The van der Waals surface area contributed by atoms with Gasteiger partial charge in [0.2, 0.25) is 5.91 Å². The van der Waals surface area contributed by atoms with Crippen molar-refractivity contribution in [2.24, 2.45) is 35.0 Å². The van der Waals surface area contributed by atoms with Crippen molar-refractivity contribution in [3.05, 3.63) is 74.5 Å². The number of piperidine rings is 1. The van der Waals surface area contributed by atoms with Gasteiger partial charge in [-0.3, -0.25) is 4.79 Å². The molecule has 7 heteroatoms. The molecule has 0 spiro atoms. The highest BCUT2D eigenvalue weighted by atomic mass is 16.5. The number of nitrogens with zero attached hydrogens (tertiary/aromatic N) is 1. The number of likely N-dealkylation sites (tertiary alicyclic amines) is 1. The van der Waals surface area contributed by atoms with E-state index >= 15 is 0 Å². The molecule has 4 N–H and O–H groups in total. The Morgan fingerprint density at radius 3 is 2.17 bits per heavy atom. The summed E-state index contributed by atoms with van der Waals surface area (Å²) in [4.78, 5) is 17.0. The normalized spacial score (nSPS) is 23.7. The molecule has 7 nitrogen and oxygen atoms in total. The molecule has 1 amide bonds. The van der Waals surface area contributed by atoms with E-state index in [1.165, 1.54) is 51.4 Å². The van der Waals surface area contributed by atoms with Gasteiger partial charge in [-0.05, 0) is 93.2 Å². The number of amides is 1. The van der Waals surface area contributed by atoms with E-state index in [2.05, 4.69) is 92.3 Å². The number of allylic oxidation sites excluding steroid dienone is 1. The van der Waals surface area contributed by atoms with Gasteiger partial charge in [0.15, 0.2) is 5.88 Å². The zero-order valence-corrected chi connectivity index (χ0v) is 34.1. The molecule has 1 heterocycles. The Bertz CT molecular complexity index is 1280. The summed E-state index contributed by atoms with van der Waals surface area (Å²) in [6.07, 6.45) is 24.7. The molecule has 4 unspecified atom stereocenters. The SMILES string of the molecule is C#CCCC(NC(=C)C1[C@@H]2[C@H](CN1C(=O)C(NC(=C)CC(CCOC(=C)NCC)C1CCCCC1)C1CCCCC1)C2(C)C)C(=C)C=C.C=CCNC. The molecule has 296 valence electrons. The highest BCUT2D eigenvalue weighted by molar-refractivity contribution is 5.84. The maximum absolute atomic E-state index is 14.9. The fourth-order valence-electron chi connectivity index (χ4n) is 9.40. The van der Waals surface area contributed by atoms with Crippen LogP contribution in [-0.4, -0.2) is 62.2 Å². The summed E-state index contributed by atoms with van der Waals surface area (Å²) in [6.45, 7) is 34.7. The fraction of sp³-hybridized carbons (Fsp3) is 0.674. The van der Waals surface area contributed by atoms with Gasteiger partial charge >= 0.3 is 0 Å². The van der Waals surface area contributed by atoms with E-state index in [1.807, 2.05) is 13.1 Å². The first kappa shape index (κ1) is 44.0. The van der Waals surface area contributed by atoms with Crippen molar-refractivity contribution < 1.29 is 9.53 Å². The third-order valence-electron chi connectivity index (χ3n) is 12.6. The molecular formula is C46H75N5O2. The van der Waals surface area contributed by atoms with Crippen LogP contribution in [0.15, 0.2) is 74.5 Å². The second-order valence-electron chi connectivity index (χ2n) is 16.6. The van der Waals surface area contributed by atoms with Crippen LogP contribution in [0.3, 0.4) is 0 Å². The number of rotatable bonds is 22. The summed E-state index contributed by atoms with van der Waals surface area (Å²) in [6, 6.07) is -0.390. The first-order valence-electron chi connectivity index (χ1n) is 20.7. The van der Waals surface area contributed by atoms with E-state index in [0.717, 1.165) is 68.7 Å². The highest BCUT2D eigenvalue weighted by Crippen LogP contribution is 2.65. The molecule has 1 saturated heterocycles. The van der Waals surface area contributed by atoms with Crippen LogP contribution < -0.4 is 21.3 Å². The smallest absolute Gasteiger partial charge is 0.245 e. The van der Waals surface area contributed by atoms with E-state index in [1.54, 1.807) is 6.08 Å². The zero-order valence-electron chi connectivity index (χ0n) is 34.1. The van der Waals surface area contributed by atoms with Gasteiger partial charge in [0, 0.05) is 37.4 Å². The molecular weight excluding hydrogens is 655 g/mol. The third-order valence-corrected chi connectivity index (χ3v) is 12.6. The second kappa shape index (κ2) is 22.1. The Morgan fingerprint density at radius 2 is 1.62 bits per heavy atom. The Hall–Kier alpha value is -3.37. The van der Waals surface area contributed by atoms with Gasteiger partial charge in [-0.2, -0.15) is 0 Å². The minimum absolute atomic E-state index is 0.0495. The van der Waals surface area contributed by atoms with Crippen LogP contribution in [0.5, 0.6) is 0 Å². The number of hydrogen-bond donors (Lipinski definition) is 4. The summed E-state index contributed by atoms with van der Waals surface area (Å²) >= 11 is 0. The topological polar surface area (TPSA) is 77.7 Å². The predicted octanol–water partition coefficient (Wildman–Crippen LogP) is 8.61. The Labute approximate surface area is 324 Å². The van der Waals surface area contributed by atoms with E-state index in [-0.39, 0.29) is 29.4 Å². The van der Waals surface area contributed by atoms with Crippen LogP contribution in [0.25, 0.3) is 0 Å². The number of ether oxygens (including phenoxy) is 1. The molecule has 4 fully saturated rings. The minimum Gasteiger partial charge on any atom is -0.480 e. The maximum Gasteiger partial charge on any atom is 0.245 e. The van der Waals surface area contributed by atoms with E-state index in [9.17, 15) is 4.79 Å². The van der Waals surface area contributed by atoms with Gasteiger partial charge in [0.25, 0.3) is 0 Å². The first-order valence-corrected chi connectivity index (χ1v) is 20.7. The van der Waals surface area contributed by atoms with Crippen molar-refractivity contribution in [3.8, 4) is 12.3 Å². The van der Waals surface area contributed by atoms with Gasteiger partial charge in [-0.15, -0.1) is 18.9 Å². The quantitative estimate of drug-likeness (QED) is 0.0387. The van der Waals surface area contributed by atoms with Gasteiger partial charge in [0.05, 0.1) is 18.7 Å². The molecule has 3 saturated carbocycles. The molecule has 6 atom stereocenters. The van der Waals surface area contributed by atoms with Crippen LogP contribution >= 0.6 is 0 Å². The van der Waals surface area contributed by atoms with Gasteiger partial charge in [0.1, 0.15) is 6.04 Å². The molecule has 1 aliphatic heterocycles. The standard InChI is InChI=1S/C42H66N4O2.C4H9N/c1-10-13-24-37(29(4)11-2)45-31(6)40-38-36(42(38,8)9)28-46(40)41(47)39(34-22-18-15-19-23-34)44-30(5)27-35(33-20-16-14-17-21-33)25-26-48-32(7)43-12-3;1-3-4-5-2/h1,11,33-40,43-45H,2,4-7,12-28H2,3,8-9H3;3,5H,1,4H2,2H3/t35?,36-,37?,38-,39?,40?;/m0./s1. The second-order valence-corrected chi connectivity index (χ2v) is 16.6. The largest absolute Gasteiger partial charge is 0.480 e. The van der Waals surface area contributed by atoms with Crippen LogP contribution in [0.1, 0.15) is 111 Å². The lowest BCUT2D eigenvalue weighted by Gasteiger charge is -2.40. The molecule has 0 aromatic carbocycles. The predicted molar refractivity (Wildman–Crippen MR) is 225 cm³/mol. The van der Waals surface area contributed by atoms with E-state index in [0.29, 0.717) is 48.5 Å². The Kier molecular flexibility index (Phi) is 18.4. The van der Waals surface area contributed by atoms with Crippen LogP contribution in [-0.2, 0) is 9.53 Å². The van der Waals surface area contributed by atoms with Crippen molar-refractivity contribution in [3.63, 3.8) is 0 Å². The van der Waals surface area contributed by atoms with Crippen molar-refractivity contribution >= 4 is 5.91 Å². The lowest BCUT2D eigenvalue weighted by Crippen LogP contribution is -2.55. The summed E-state index contributed by atoms with van der Waals surface area (Å²) in [5, 5.41) is 13.5. The summed E-state index contributed by atoms with van der Waals surface area (Å²) < 4.78 is 5.95. The van der Waals surface area contributed by atoms with Crippen molar-refractivity contribution in [1.82, 2.24) is 26.2 Å². The van der Waals surface area contributed by atoms with Crippen LogP contribution in [0, 0.1) is 47.3 Å². The third kappa shape index (κ3) is 12.6. The average Bonchev–Trinajstić information content (AvgIpc) is 3.45. The van der Waals surface area contributed by atoms with Gasteiger partial charge in [-0.1, -0.05) is 104 Å². The maximum atomic E-state index is 14.9. The molecule has 53 heavy (non-hydrogen) atoms. The molecule has 0 radical (unpaired) electrons. The zero-order chi connectivity index (χ0) is 39.0. The summed E-state index contributed by atoms with van der Waals surface area (Å²) in [5.41, 5.74) is 2.97. The number of likely N-dealkylation sites (N-methyl/N-ethyl adjacent to an activating group) is 1. The summed E-state index contributed by atoms with van der Waals surface area (Å²) in [7, 11) is 1.89. The van der Waals surface area contributed by atoms with Crippen LogP contribution in [0.2, 0.25) is 0 Å². The number of nitrogens with one attached hydrogen (secondary N) is 4. The lowest BCUT2D eigenvalue weighted by atomic mass is 9.76. The minimum atomic E-state index is -0.272. The molecule has 0 aromatic rings. The molecule has 4 aliphatic rings. The van der Waals surface area contributed by atoms with Crippen molar-refractivity contribution in [2.45, 2.75) is 129 Å². The number of carbonyl (C=O) groups excluding carboxylic acids is 1. The Balaban J connectivity index is 0.00000141. The van der Waals surface area contributed by atoms with Gasteiger partial charge < -0.3 is 30.9 Å². The monoisotopic (exact) mass is 730 g/mol. The summed E-state index contributed by atoms with van der Waals surface area (Å²) in [5.74, 6) is 5.91. The number of hydrogen-bond acceptors (Lipinski definition) is 6. The lowest BCUT2D eigenvalue weighted by molar-refractivity contribution is -0.136. The van der Waals surface area contributed by atoms with Crippen molar-refractivity contribution in [1.29, 1.82) is 0 Å². The fourth-order valence-corrected chi connectivity index (χ4v) is 9.40. The number of fused-ring (bicyclic) bond motifs is 1. The van der Waals surface area contributed by atoms with Crippen LogP contribution in [0.4, 0.5) is 0 Å². The first-order chi connectivity index (χ1) is 25.4. The average molecular weight is 730 g/mol. The molecule has 4 rings (SSSR count). The Morgan fingerprint density at radius 1 is 0.981 bits per heavy atom. The molecule has 0 bridgehead atoms. The highest BCUT2D eigenvalue weighted by Gasteiger charge is 2.68.